The van der Waals surface area contributed by atoms with Gasteiger partial charge < -0.3 is 14.8 Å². The van der Waals surface area contributed by atoms with Crippen molar-refractivity contribution in [3.05, 3.63) is 71.8 Å². The third-order valence-corrected chi connectivity index (χ3v) is 4.64. The van der Waals surface area contributed by atoms with E-state index < -0.39 is 17.9 Å². The summed E-state index contributed by atoms with van der Waals surface area (Å²) in [6.07, 6.45) is -0.272. The molecule has 0 radical (unpaired) electrons. The fraction of sp³-hybridized carbons (Fsp3) is 0.409. The van der Waals surface area contributed by atoms with Crippen LogP contribution in [0.25, 0.3) is 0 Å². The van der Waals surface area contributed by atoms with Crippen LogP contribution in [0.4, 0.5) is 0 Å². The largest absolute Gasteiger partial charge is 0.460 e. The quantitative estimate of drug-likeness (QED) is 0.770. The maximum absolute atomic E-state index is 13.6. The van der Waals surface area contributed by atoms with Crippen molar-refractivity contribution in [3.63, 3.8) is 0 Å². The topological polar surface area (TPSA) is 47.6 Å². The van der Waals surface area contributed by atoms with Crippen molar-refractivity contribution in [2.24, 2.45) is 0 Å². The van der Waals surface area contributed by atoms with E-state index in [0.717, 1.165) is 25.9 Å². The number of carbonyl (C=O) groups excluding carboxylic acids is 1. The van der Waals surface area contributed by atoms with E-state index in [-0.39, 0.29) is 12.7 Å². The fourth-order valence-electron chi connectivity index (χ4n) is 3.30. The van der Waals surface area contributed by atoms with E-state index in [9.17, 15) is 4.79 Å². The first-order valence-corrected chi connectivity index (χ1v) is 9.09. The minimum absolute atomic E-state index is 0.178. The zero-order valence-electron chi connectivity index (χ0n) is 17.1. The Morgan fingerprint density at radius 1 is 1.08 bits per heavy atom. The van der Waals surface area contributed by atoms with Gasteiger partial charge in [0.1, 0.15) is 6.10 Å². The summed E-state index contributed by atoms with van der Waals surface area (Å²) < 4.78 is 27.8. The summed E-state index contributed by atoms with van der Waals surface area (Å²) in [6, 6.07) is 18.4. The van der Waals surface area contributed by atoms with Gasteiger partial charge in [-0.3, -0.25) is 0 Å². The smallest absolute Gasteiger partial charge is 0.348 e. The molecule has 3 rings (SSSR count). The summed E-state index contributed by atoms with van der Waals surface area (Å²) in [4.78, 5) is 13.6. The molecular weight excluding hydrogens is 326 g/mol. The number of piperidine rings is 1. The number of benzene rings is 2. The van der Waals surface area contributed by atoms with Gasteiger partial charge >= 0.3 is 5.97 Å². The Morgan fingerprint density at radius 3 is 2.12 bits per heavy atom. The lowest BCUT2D eigenvalue weighted by Crippen LogP contribution is -2.45. The summed E-state index contributed by atoms with van der Waals surface area (Å²) in [7, 11) is 0. The number of hydrogen-bond acceptors (Lipinski definition) is 4. The first kappa shape index (κ1) is 16.0. The SMILES string of the molecule is [2H]C([2H])(C)COC(C(=O)OC1CCNCC1)(c1ccccc1)c1ccccc1. The second-order valence-corrected chi connectivity index (χ2v) is 6.41. The number of esters is 1. The molecule has 4 heteroatoms. The van der Waals surface area contributed by atoms with Gasteiger partial charge in [0.15, 0.2) is 0 Å². The molecule has 0 bridgehead atoms. The van der Waals surface area contributed by atoms with Gasteiger partial charge in [0.25, 0.3) is 0 Å². The van der Waals surface area contributed by atoms with Crippen molar-refractivity contribution in [3.8, 4) is 0 Å². The molecule has 0 amide bonds. The Labute approximate surface area is 158 Å². The normalized spacial score (nSPS) is 17.3. The number of ether oxygens (including phenoxy) is 2. The zero-order chi connectivity index (χ0) is 20.0. The summed E-state index contributed by atoms with van der Waals surface area (Å²) in [5, 5.41) is 3.26. The number of carbonyl (C=O) groups is 1. The molecule has 2 aromatic rings. The van der Waals surface area contributed by atoms with E-state index >= 15 is 0 Å². The van der Waals surface area contributed by atoms with Gasteiger partial charge in [-0.05, 0) is 43.4 Å². The summed E-state index contributed by atoms with van der Waals surface area (Å²) in [6.45, 7) is 2.81. The van der Waals surface area contributed by atoms with Crippen molar-refractivity contribution >= 4 is 5.97 Å². The Bertz CT molecular complexity index is 717. The van der Waals surface area contributed by atoms with Crippen molar-refractivity contribution in [1.82, 2.24) is 5.32 Å². The molecule has 1 saturated heterocycles. The molecule has 1 aliphatic heterocycles. The maximum atomic E-state index is 13.6. The highest BCUT2D eigenvalue weighted by atomic mass is 16.6. The molecule has 4 nitrogen and oxygen atoms in total. The highest BCUT2D eigenvalue weighted by molar-refractivity contribution is 5.86. The lowest BCUT2D eigenvalue weighted by atomic mass is 9.85. The molecule has 0 aromatic heterocycles. The molecule has 0 spiro atoms. The highest BCUT2D eigenvalue weighted by Crippen LogP contribution is 2.36. The van der Waals surface area contributed by atoms with Gasteiger partial charge in [0.2, 0.25) is 5.60 Å². The van der Waals surface area contributed by atoms with Crippen molar-refractivity contribution < 1.29 is 17.0 Å². The second-order valence-electron chi connectivity index (χ2n) is 6.41. The molecule has 1 fully saturated rings. The third kappa shape index (κ3) is 3.97. The Morgan fingerprint density at radius 2 is 1.62 bits per heavy atom. The van der Waals surface area contributed by atoms with Gasteiger partial charge in [-0.2, -0.15) is 0 Å². The lowest BCUT2D eigenvalue weighted by Gasteiger charge is -2.35. The molecule has 0 unspecified atom stereocenters. The maximum Gasteiger partial charge on any atom is 0.348 e. The van der Waals surface area contributed by atoms with E-state index in [1.165, 1.54) is 6.92 Å². The van der Waals surface area contributed by atoms with Crippen LogP contribution in [0, 0.1) is 0 Å². The van der Waals surface area contributed by atoms with Crippen LogP contribution >= 0.6 is 0 Å². The molecule has 2 aromatic carbocycles. The van der Waals surface area contributed by atoms with Crippen LogP contribution < -0.4 is 5.32 Å². The van der Waals surface area contributed by atoms with Gasteiger partial charge in [-0.25, -0.2) is 4.79 Å². The summed E-state index contributed by atoms with van der Waals surface area (Å²) in [5.41, 5.74) is -0.259. The van der Waals surface area contributed by atoms with Crippen LogP contribution in [0.15, 0.2) is 60.7 Å². The lowest BCUT2D eigenvalue weighted by molar-refractivity contribution is -0.175. The molecule has 1 N–H and O–H groups in total. The molecule has 26 heavy (non-hydrogen) atoms. The monoisotopic (exact) mass is 355 g/mol. The molecule has 0 aliphatic carbocycles. The number of rotatable bonds is 7. The van der Waals surface area contributed by atoms with Crippen LogP contribution in [0.1, 0.15) is 40.0 Å². The highest BCUT2D eigenvalue weighted by Gasteiger charge is 2.45. The average Bonchev–Trinajstić information content (AvgIpc) is 2.70. The zero-order valence-corrected chi connectivity index (χ0v) is 15.1. The van der Waals surface area contributed by atoms with E-state index in [1.807, 2.05) is 60.7 Å². The van der Waals surface area contributed by atoms with Crippen molar-refractivity contribution in [2.75, 3.05) is 19.7 Å². The van der Waals surface area contributed by atoms with Crippen molar-refractivity contribution in [2.45, 2.75) is 37.8 Å². The summed E-state index contributed by atoms with van der Waals surface area (Å²) in [5.74, 6) is -0.499. The van der Waals surface area contributed by atoms with Crippen molar-refractivity contribution in [1.29, 1.82) is 0 Å². The number of hydrogen-bond donors (Lipinski definition) is 1. The summed E-state index contributed by atoms with van der Waals surface area (Å²) >= 11 is 0. The van der Waals surface area contributed by atoms with E-state index in [1.54, 1.807) is 0 Å². The first-order valence-electron chi connectivity index (χ1n) is 10.1. The van der Waals surface area contributed by atoms with Crippen LogP contribution in [-0.2, 0) is 19.9 Å². The fourth-order valence-corrected chi connectivity index (χ4v) is 3.30. The van der Waals surface area contributed by atoms with Gasteiger partial charge in [-0.15, -0.1) is 0 Å². The first-order chi connectivity index (χ1) is 13.4. The van der Waals surface area contributed by atoms with Crippen LogP contribution in [-0.4, -0.2) is 31.8 Å². The predicted octanol–water partition coefficient (Wildman–Crippen LogP) is 3.65. The van der Waals surface area contributed by atoms with Crippen LogP contribution in [0.3, 0.4) is 0 Å². The van der Waals surface area contributed by atoms with Crippen LogP contribution in [0.5, 0.6) is 0 Å². The van der Waals surface area contributed by atoms with Gasteiger partial charge in [0.05, 0.1) is 0 Å². The van der Waals surface area contributed by atoms with E-state index in [0.29, 0.717) is 11.1 Å². The molecule has 0 atom stereocenters. The Balaban J connectivity index is 2.04. The Kier molecular flexibility index (Phi) is 5.53. The number of nitrogens with one attached hydrogen (secondary N) is 1. The van der Waals surface area contributed by atoms with Crippen LogP contribution in [0.2, 0.25) is 0 Å². The van der Waals surface area contributed by atoms with E-state index in [2.05, 4.69) is 5.32 Å². The third-order valence-electron chi connectivity index (χ3n) is 4.64. The average molecular weight is 355 g/mol. The molecular formula is C22H27NO3. The van der Waals surface area contributed by atoms with Gasteiger partial charge in [-0.1, -0.05) is 67.6 Å². The molecule has 1 heterocycles. The molecule has 0 saturated carbocycles. The Hall–Kier alpha value is -2.17. The predicted molar refractivity (Wildman–Crippen MR) is 102 cm³/mol. The molecule has 1 aliphatic rings. The van der Waals surface area contributed by atoms with Gasteiger partial charge in [0, 0.05) is 9.35 Å². The standard InChI is InChI=1S/C22H27NO3/c1-2-17-25-22(18-9-5-3-6-10-18,19-11-7-4-8-12-19)21(24)26-20-13-15-23-16-14-20/h3-12,20,23H,2,13-17H2,1H3/i2D2. The second kappa shape index (κ2) is 8.97. The molecule has 138 valence electrons. The minimum Gasteiger partial charge on any atom is -0.460 e. The van der Waals surface area contributed by atoms with E-state index in [4.69, 9.17) is 12.2 Å². The minimum atomic E-state index is -1.59.